The van der Waals surface area contributed by atoms with Crippen molar-refractivity contribution < 1.29 is 17.9 Å². The van der Waals surface area contributed by atoms with E-state index in [4.69, 9.17) is 49.5 Å². The quantitative estimate of drug-likeness (QED) is 0.0881. The largest absolute Gasteiger partial charge is 0.495 e. The maximum Gasteiger partial charge on any atom is 0.278 e. The Hall–Kier alpha value is -5.40. The smallest absolute Gasteiger partial charge is 0.278 e. The van der Waals surface area contributed by atoms with Crippen molar-refractivity contribution in [3.63, 3.8) is 0 Å². The summed E-state index contributed by atoms with van der Waals surface area (Å²) in [5.74, 6) is -0.714. The Kier molecular flexibility index (Phi) is 11.1. The number of nitrogens with zero attached hydrogens (tertiary/aromatic N) is 3. The van der Waals surface area contributed by atoms with Gasteiger partial charge in [0.15, 0.2) is 11.5 Å². The average molecular weight is 790 g/mol. The molecule has 0 saturated carbocycles. The van der Waals surface area contributed by atoms with Gasteiger partial charge >= 0.3 is 0 Å². The van der Waals surface area contributed by atoms with E-state index in [1.165, 1.54) is 42.0 Å². The highest BCUT2D eigenvalue weighted by Gasteiger charge is 2.26. The third kappa shape index (κ3) is 8.01. The molecule has 270 valence electrons. The van der Waals surface area contributed by atoms with Gasteiger partial charge in [0.05, 0.1) is 60.7 Å². The Morgan fingerprint density at radius 2 is 1.58 bits per heavy atom. The molecule has 0 unspecified atom stereocenters. The summed E-state index contributed by atoms with van der Waals surface area (Å²) in [4.78, 5) is 38.1. The molecule has 5 aromatic carbocycles. The van der Waals surface area contributed by atoms with E-state index in [-0.39, 0.29) is 48.6 Å². The van der Waals surface area contributed by atoms with E-state index in [0.29, 0.717) is 28.8 Å². The van der Waals surface area contributed by atoms with E-state index in [0.717, 1.165) is 11.3 Å². The number of ether oxygens (including phenoxy) is 1. The molecule has 15 heteroatoms. The van der Waals surface area contributed by atoms with Crippen LogP contribution in [0.4, 0.5) is 22.7 Å². The molecule has 0 radical (unpaired) electrons. The first kappa shape index (κ1) is 37.4. The molecule has 1 amide bonds. The van der Waals surface area contributed by atoms with Crippen LogP contribution in [0.1, 0.15) is 18.3 Å². The fourth-order valence-electron chi connectivity index (χ4n) is 5.46. The van der Waals surface area contributed by atoms with E-state index in [9.17, 15) is 18.0 Å². The summed E-state index contributed by atoms with van der Waals surface area (Å²) < 4.78 is 36.4. The number of aliphatic imine (C=N–C) groups is 1. The van der Waals surface area contributed by atoms with Crippen LogP contribution in [0.2, 0.25) is 15.1 Å². The third-order valence-electron chi connectivity index (χ3n) is 8.01. The number of amides is 1. The summed E-state index contributed by atoms with van der Waals surface area (Å²) in [6, 6.07) is 27.5. The molecule has 0 atom stereocenters. The van der Waals surface area contributed by atoms with Crippen molar-refractivity contribution in [2.24, 2.45) is 4.99 Å². The minimum atomic E-state index is -4.29. The number of nitrogens with one attached hydrogen (secondary N) is 3. The zero-order chi connectivity index (χ0) is 37.9. The van der Waals surface area contributed by atoms with Crippen LogP contribution in [-0.4, -0.2) is 43.2 Å². The van der Waals surface area contributed by atoms with Crippen LogP contribution < -0.4 is 25.7 Å². The number of fused-ring (bicyclic) bond motifs is 1. The first-order chi connectivity index (χ1) is 25.4. The molecule has 1 heterocycles. The minimum absolute atomic E-state index is 0.00585. The normalized spacial score (nSPS) is 11.7. The highest BCUT2D eigenvalue weighted by atomic mass is 35.5. The fourth-order valence-corrected chi connectivity index (χ4v) is 7.21. The number of carbonyl (C=O) groups is 1. The summed E-state index contributed by atoms with van der Waals surface area (Å²) in [5.41, 5.74) is 2.15. The Bertz CT molecular complexity index is 2580. The zero-order valence-corrected chi connectivity index (χ0v) is 31.5. The average Bonchev–Trinajstić information content (AvgIpc) is 3.14. The minimum Gasteiger partial charge on any atom is -0.495 e. The number of sulfonamides is 1. The number of halogens is 3. The molecule has 11 nitrogen and oxygen atoms in total. The summed E-state index contributed by atoms with van der Waals surface area (Å²) in [6.45, 7) is 4.52. The van der Waals surface area contributed by atoms with Gasteiger partial charge in [0, 0.05) is 12.2 Å². The Morgan fingerprint density at radius 1 is 0.868 bits per heavy atom. The molecule has 0 spiro atoms. The van der Waals surface area contributed by atoms with Crippen molar-refractivity contribution in [3.05, 3.63) is 140 Å². The summed E-state index contributed by atoms with van der Waals surface area (Å²) >= 11 is 18.4. The van der Waals surface area contributed by atoms with Gasteiger partial charge in [-0.05, 0) is 92.2 Å². The predicted molar refractivity (Wildman–Crippen MR) is 213 cm³/mol. The van der Waals surface area contributed by atoms with Crippen LogP contribution in [0.5, 0.6) is 5.75 Å². The van der Waals surface area contributed by atoms with Gasteiger partial charge in [0.25, 0.3) is 21.5 Å². The van der Waals surface area contributed by atoms with Crippen molar-refractivity contribution in [1.29, 1.82) is 0 Å². The van der Waals surface area contributed by atoms with Crippen LogP contribution in [0.15, 0.2) is 118 Å². The Labute approximate surface area is 320 Å². The van der Waals surface area contributed by atoms with E-state index in [1.807, 2.05) is 26.0 Å². The van der Waals surface area contributed by atoms with Crippen molar-refractivity contribution in [1.82, 2.24) is 9.55 Å². The highest BCUT2D eigenvalue weighted by Crippen LogP contribution is 2.35. The standard InChI is InChI=1S/C38H31Cl3N6O5S/c1-4-42-23-14-16-30(22(2)18-23)43-35(36-44-31-13-9-8-12-26(31)38(49)47(36)24-10-6-5-7-11-24)37(48)45-33-19-25(15-17-34(33)52-3)53(50,51)46-32-21-28(40)27(39)20-29(32)41/h5-21,42,46H,4H2,1-3H3,(H,45,48)/b43-35-. The second-order valence-corrected chi connectivity index (χ2v) is 14.5. The SMILES string of the molecule is CCNc1ccc(/N=C(\C(=O)Nc2cc(S(=O)(=O)Nc3cc(Cl)c(Cl)cc3Cl)ccc2OC)c2nc3ccccc3c(=O)n2-c2ccccc2)c(C)c1. The van der Waals surface area contributed by atoms with E-state index in [1.54, 1.807) is 60.7 Å². The number of aryl methyl sites for hydroxylation is 1. The molecule has 6 aromatic rings. The molecule has 1 aromatic heterocycles. The number of hydrogen-bond donors (Lipinski definition) is 3. The number of rotatable bonds is 11. The van der Waals surface area contributed by atoms with Crippen molar-refractivity contribution in [2.45, 2.75) is 18.7 Å². The van der Waals surface area contributed by atoms with Crippen molar-refractivity contribution in [2.75, 3.05) is 29.0 Å². The fraction of sp³-hybridized carbons (Fsp3) is 0.105. The lowest BCUT2D eigenvalue weighted by atomic mass is 10.1. The second-order valence-electron chi connectivity index (χ2n) is 11.6. The molecule has 0 saturated heterocycles. The van der Waals surface area contributed by atoms with Crippen LogP contribution >= 0.6 is 34.8 Å². The lowest BCUT2D eigenvalue weighted by Crippen LogP contribution is -2.33. The monoisotopic (exact) mass is 788 g/mol. The molecule has 0 bridgehead atoms. The lowest BCUT2D eigenvalue weighted by molar-refractivity contribution is -0.110. The Balaban J connectivity index is 1.51. The second kappa shape index (κ2) is 15.7. The molecule has 0 aliphatic heterocycles. The van der Waals surface area contributed by atoms with Gasteiger partial charge < -0.3 is 15.4 Å². The van der Waals surface area contributed by atoms with E-state index < -0.39 is 21.5 Å². The molecule has 6 rings (SSSR count). The first-order valence-electron chi connectivity index (χ1n) is 16.1. The number of carbonyl (C=O) groups excluding carboxylic acids is 1. The number of para-hydroxylation sites is 2. The van der Waals surface area contributed by atoms with Gasteiger partial charge in [0.1, 0.15) is 5.75 Å². The molecular weight excluding hydrogens is 759 g/mol. The Morgan fingerprint density at radius 3 is 2.30 bits per heavy atom. The molecule has 0 aliphatic rings. The van der Waals surface area contributed by atoms with Crippen LogP contribution in [0.25, 0.3) is 16.6 Å². The molecular formula is C38H31Cl3N6O5S. The van der Waals surface area contributed by atoms with Gasteiger partial charge in [-0.1, -0.05) is 65.1 Å². The molecule has 0 aliphatic carbocycles. The van der Waals surface area contributed by atoms with E-state index >= 15 is 0 Å². The highest BCUT2D eigenvalue weighted by molar-refractivity contribution is 7.92. The summed E-state index contributed by atoms with van der Waals surface area (Å²) in [5, 5.41) is 6.61. The zero-order valence-electron chi connectivity index (χ0n) is 28.4. The number of benzene rings is 5. The predicted octanol–water partition coefficient (Wildman–Crippen LogP) is 8.66. The van der Waals surface area contributed by atoms with Crippen LogP contribution in [0.3, 0.4) is 0 Å². The number of aromatic nitrogens is 2. The van der Waals surface area contributed by atoms with Crippen molar-refractivity contribution in [3.8, 4) is 11.4 Å². The van der Waals surface area contributed by atoms with Crippen molar-refractivity contribution >= 4 is 90.1 Å². The van der Waals surface area contributed by atoms with E-state index in [2.05, 4.69) is 15.4 Å². The first-order valence-corrected chi connectivity index (χ1v) is 18.7. The molecule has 3 N–H and O–H groups in total. The number of hydrogen-bond acceptors (Lipinski definition) is 8. The van der Waals surface area contributed by atoms with Gasteiger partial charge in [-0.3, -0.25) is 18.9 Å². The molecule has 0 fully saturated rings. The molecule has 53 heavy (non-hydrogen) atoms. The maximum absolute atomic E-state index is 14.6. The summed E-state index contributed by atoms with van der Waals surface area (Å²) in [7, 11) is -2.92. The number of methoxy groups -OCH3 is 1. The van der Waals surface area contributed by atoms with Gasteiger partial charge in [0.2, 0.25) is 0 Å². The van der Waals surface area contributed by atoms with Gasteiger partial charge in [-0.25, -0.2) is 18.4 Å². The topological polar surface area (TPSA) is 144 Å². The lowest BCUT2D eigenvalue weighted by Gasteiger charge is -2.17. The third-order valence-corrected chi connectivity index (χ3v) is 10.4. The maximum atomic E-state index is 14.6. The number of anilines is 3. The van der Waals surface area contributed by atoms with Crippen LogP contribution in [-0.2, 0) is 14.8 Å². The van der Waals surface area contributed by atoms with Gasteiger partial charge in [-0.2, -0.15) is 0 Å². The summed E-state index contributed by atoms with van der Waals surface area (Å²) in [6.07, 6.45) is 0. The van der Waals surface area contributed by atoms with Crippen LogP contribution in [0, 0.1) is 6.92 Å². The van der Waals surface area contributed by atoms with Gasteiger partial charge in [-0.15, -0.1) is 0 Å².